The first-order valence-electron chi connectivity index (χ1n) is 10.00. The molecule has 0 unspecified atom stereocenters. The van der Waals surface area contributed by atoms with Crippen molar-refractivity contribution in [2.75, 3.05) is 29.8 Å². The van der Waals surface area contributed by atoms with Gasteiger partial charge in [0.15, 0.2) is 11.6 Å². The summed E-state index contributed by atoms with van der Waals surface area (Å²) in [4.78, 5) is 16.4. The zero-order valence-electron chi connectivity index (χ0n) is 18.2. The number of thiophene rings is 1. The lowest BCUT2D eigenvalue weighted by Gasteiger charge is -2.16. The van der Waals surface area contributed by atoms with E-state index in [0.29, 0.717) is 26.9 Å². The highest BCUT2D eigenvalue weighted by molar-refractivity contribution is 7.94. The summed E-state index contributed by atoms with van der Waals surface area (Å²) in [6.07, 6.45) is 4.16. The Labute approximate surface area is 210 Å². The summed E-state index contributed by atoms with van der Waals surface area (Å²) < 4.78 is 46.6. The number of aromatic nitrogens is 4. The van der Waals surface area contributed by atoms with Crippen LogP contribution in [0.2, 0.25) is 5.02 Å². The number of anilines is 2. The minimum atomic E-state index is -3.99. The first kappa shape index (κ1) is 24.4. The number of nitrogens with zero attached hydrogens (tertiary/aromatic N) is 4. The van der Waals surface area contributed by atoms with Crippen LogP contribution in [-0.2, 0) is 10.2 Å². The average molecular weight is 535 g/mol. The van der Waals surface area contributed by atoms with Crippen molar-refractivity contribution in [3.8, 4) is 28.8 Å². The van der Waals surface area contributed by atoms with Gasteiger partial charge in [0.2, 0.25) is 5.88 Å². The van der Waals surface area contributed by atoms with Crippen molar-refractivity contribution in [2.24, 2.45) is 0 Å². The first-order chi connectivity index (χ1) is 16.9. The summed E-state index contributed by atoms with van der Waals surface area (Å²) >= 11 is 7.27. The zero-order chi connectivity index (χ0) is 24.7. The highest BCUT2D eigenvalue weighted by Crippen LogP contribution is 2.35. The van der Waals surface area contributed by atoms with Gasteiger partial charge in [-0.2, -0.15) is 18.4 Å². The molecular weight excluding hydrogens is 516 g/mol. The van der Waals surface area contributed by atoms with Crippen LogP contribution in [0, 0.1) is 0 Å². The summed E-state index contributed by atoms with van der Waals surface area (Å²) in [6.45, 7) is 0.185. The van der Waals surface area contributed by atoms with E-state index in [1.54, 1.807) is 41.8 Å². The Morgan fingerprint density at radius 1 is 0.971 bits per heavy atom. The molecule has 0 bridgehead atoms. The largest absolute Gasteiger partial charge is 0.494 e. The van der Waals surface area contributed by atoms with Crippen LogP contribution in [0.5, 0.6) is 17.6 Å². The molecule has 2 N–H and O–H groups in total. The maximum absolute atomic E-state index is 12.7. The Morgan fingerprint density at radius 2 is 1.71 bits per heavy atom. The van der Waals surface area contributed by atoms with E-state index in [2.05, 4.69) is 29.4 Å². The van der Waals surface area contributed by atoms with Crippen molar-refractivity contribution in [3.63, 3.8) is 0 Å². The van der Waals surface area contributed by atoms with Crippen molar-refractivity contribution in [1.29, 1.82) is 0 Å². The van der Waals surface area contributed by atoms with Crippen LogP contribution < -0.4 is 23.7 Å². The molecule has 0 amide bonds. The predicted molar refractivity (Wildman–Crippen MR) is 133 cm³/mol. The van der Waals surface area contributed by atoms with Crippen LogP contribution in [0.25, 0.3) is 11.1 Å². The van der Waals surface area contributed by atoms with Crippen LogP contribution in [0.1, 0.15) is 0 Å². The Balaban J connectivity index is 1.53. The SMILES string of the molecule is COc1cnc(OCCOc2ncnc(NS(=O)(=O)Nc3cccs3)c2-c2ccc(Cl)cc2)nc1. The third-order valence-corrected chi connectivity index (χ3v) is 6.44. The molecule has 4 rings (SSSR count). The van der Waals surface area contributed by atoms with Crippen molar-refractivity contribution >= 4 is 44.0 Å². The molecule has 1 aromatic carbocycles. The molecule has 0 aliphatic heterocycles. The molecule has 0 fully saturated rings. The monoisotopic (exact) mass is 534 g/mol. The smallest absolute Gasteiger partial charge is 0.323 e. The van der Waals surface area contributed by atoms with E-state index in [1.165, 1.54) is 37.2 Å². The summed E-state index contributed by atoms with van der Waals surface area (Å²) in [5.41, 5.74) is 0.930. The molecule has 0 aliphatic rings. The highest BCUT2D eigenvalue weighted by Gasteiger charge is 2.20. The molecule has 14 heteroatoms. The lowest BCUT2D eigenvalue weighted by Crippen LogP contribution is -2.22. The summed E-state index contributed by atoms with van der Waals surface area (Å²) in [5.74, 6) is 0.682. The Kier molecular flexibility index (Phi) is 7.80. The lowest BCUT2D eigenvalue weighted by atomic mass is 10.1. The van der Waals surface area contributed by atoms with Gasteiger partial charge in [0.05, 0.1) is 25.1 Å². The number of methoxy groups -OCH3 is 1. The third kappa shape index (κ3) is 6.68. The molecule has 0 aliphatic carbocycles. The van der Waals surface area contributed by atoms with E-state index in [0.717, 1.165) is 0 Å². The molecule has 3 heterocycles. The van der Waals surface area contributed by atoms with E-state index in [-0.39, 0.29) is 30.9 Å². The van der Waals surface area contributed by atoms with Gasteiger partial charge < -0.3 is 14.2 Å². The minimum Gasteiger partial charge on any atom is -0.494 e. The van der Waals surface area contributed by atoms with Crippen LogP contribution in [-0.4, -0.2) is 48.7 Å². The quantitative estimate of drug-likeness (QED) is 0.274. The molecule has 0 atom stereocenters. The average Bonchev–Trinajstić information content (AvgIpc) is 3.35. The topological polar surface area (TPSA) is 137 Å². The van der Waals surface area contributed by atoms with Gasteiger partial charge in [-0.05, 0) is 35.2 Å². The fourth-order valence-electron chi connectivity index (χ4n) is 2.81. The Hall–Kier alpha value is -3.68. The second-order valence-corrected chi connectivity index (χ2v) is 9.50. The summed E-state index contributed by atoms with van der Waals surface area (Å²) in [5, 5.41) is 2.73. The summed E-state index contributed by atoms with van der Waals surface area (Å²) in [6, 6.07) is 10.3. The number of rotatable bonds is 11. The summed E-state index contributed by atoms with van der Waals surface area (Å²) in [7, 11) is -2.48. The molecule has 0 spiro atoms. The molecule has 35 heavy (non-hydrogen) atoms. The van der Waals surface area contributed by atoms with Crippen molar-refractivity contribution < 1.29 is 22.6 Å². The van der Waals surface area contributed by atoms with Gasteiger partial charge >= 0.3 is 16.2 Å². The minimum absolute atomic E-state index is 0.0285. The van der Waals surface area contributed by atoms with Gasteiger partial charge in [-0.3, -0.25) is 4.72 Å². The Morgan fingerprint density at radius 3 is 2.40 bits per heavy atom. The van der Waals surface area contributed by atoms with Gasteiger partial charge in [0, 0.05) is 5.02 Å². The molecular formula is C21H19ClN6O5S2. The number of nitrogens with one attached hydrogen (secondary N) is 2. The molecule has 0 radical (unpaired) electrons. The van der Waals surface area contributed by atoms with Gasteiger partial charge in [-0.25, -0.2) is 14.7 Å². The van der Waals surface area contributed by atoms with E-state index in [1.807, 2.05) is 0 Å². The molecule has 4 aromatic rings. The molecule has 0 saturated heterocycles. The van der Waals surface area contributed by atoms with E-state index in [9.17, 15) is 8.42 Å². The molecule has 182 valence electrons. The second kappa shape index (κ2) is 11.2. The second-order valence-electron chi connectivity index (χ2n) is 6.70. The normalized spacial score (nSPS) is 11.0. The zero-order valence-corrected chi connectivity index (χ0v) is 20.6. The highest BCUT2D eigenvalue weighted by atomic mass is 35.5. The lowest BCUT2D eigenvalue weighted by molar-refractivity contribution is 0.201. The molecule has 11 nitrogen and oxygen atoms in total. The molecule has 3 aromatic heterocycles. The number of hydrogen-bond acceptors (Lipinski definition) is 10. The van der Waals surface area contributed by atoms with Crippen LogP contribution in [0.4, 0.5) is 10.8 Å². The van der Waals surface area contributed by atoms with Crippen molar-refractivity contribution in [3.05, 3.63) is 65.5 Å². The Bertz CT molecular complexity index is 1350. The number of ether oxygens (including phenoxy) is 3. The van der Waals surface area contributed by atoms with Crippen LogP contribution >= 0.6 is 22.9 Å². The van der Waals surface area contributed by atoms with E-state index >= 15 is 0 Å². The fraction of sp³-hybridized carbons (Fsp3) is 0.143. The predicted octanol–water partition coefficient (Wildman–Crippen LogP) is 3.88. The standard InChI is InChI=1S/C21H19ClN6O5S2/c1-31-16-11-23-21(24-12-16)33-9-8-32-20-18(14-4-6-15(22)7-5-14)19(25-13-26-20)28-35(29,30)27-17-3-2-10-34-17/h2-7,10-13,27H,8-9H2,1H3,(H,25,26,28). The number of hydrogen-bond donors (Lipinski definition) is 2. The van der Waals surface area contributed by atoms with Crippen molar-refractivity contribution in [1.82, 2.24) is 19.9 Å². The van der Waals surface area contributed by atoms with E-state index < -0.39 is 10.2 Å². The van der Waals surface area contributed by atoms with Crippen LogP contribution in [0.15, 0.2) is 60.5 Å². The van der Waals surface area contributed by atoms with Gasteiger partial charge in [-0.1, -0.05) is 23.7 Å². The maximum Gasteiger partial charge on any atom is 0.323 e. The third-order valence-electron chi connectivity index (χ3n) is 4.33. The first-order valence-corrected chi connectivity index (χ1v) is 12.7. The van der Waals surface area contributed by atoms with E-state index in [4.69, 9.17) is 25.8 Å². The number of benzene rings is 1. The maximum atomic E-state index is 12.7. The van der Waals surface area contributed by atoms with Gasteiger partial charge in [0.25, 0.3) is 0 Å². The van der Waals surface area contributed by atoms with Gasteiger partial charge in [-0.15, -0.1) is 11.3 Å². The molecule has 0 saturated carbocycles. The van der Waals surface area contributed by atoms with Crippen LogP contribution in [0.3, 0.4) is 0 Å². The number of halogens is 1. The fourth-order valence-corrected chi connectivity index (χ4v) is 4.71. The van der Waals surface area contributed by atoms with Gasteiger partial charge in [0.1, 0.15) is 24.5 Å². The van der Waals surface area contributed by atoms with Crippen molar-refractivity contribution in [2.45, 2.75) is 0 Å².